The molecule has 100 valence electrons. The van der Waals surface area contributed by atoms with Gasteiger partial charge in [-0.3, -0.25) is 0 Å². The van der Waals surface area contributed by atoms with Crippen LogP contribution >= 0.6 is 11.6 Å². The molecular formula is C15H22ClNO. The van der Waals surface area contributed by atoms with Gasteiger partial charge in [0.1, 0.15) is 5.75 Å². The van der Waals surface area contributed by atoms with Crippen molar-refractivity contribution >= 4 is 11.6 Å². The molecule has 0 amide bonds. The van der Waals surface area contributed by atoms with Crippen molar-refractivity contribution in [3.63, 3.8) is 0 Å². The molecule has 0 spiro atoms. The average molecular weight is 268 g/mol. The lowest BCUT2D eigenvalue weighted by Gasteiger charge is -2.13. The van der Waals surface area contributed by atoms with Crippen molar-refractivity contribution in [2.45, 2.75) is 32.6 Å². The SMILES string of the molecule is CNCCC(C)CCc1cc(Cl)cc2c1OCC2. The van der Waals surface area contributed by atoms with Crippen LogP contribution in [0.4, 0.5) is 0 Å². The second kappa shape index (κ2) is 6.44. The maximum absolute atomic E-state index is 6.16. The zero-order valence-electron chi connectivity index (χ0n) is 11.3. The van der Waals surface area contributed by atoms with E-state index in [4.69, 9.17) is 16.3 Å². The third-order valence-electron chi connectivity index (χ3n) is 3.62. The van der Waals surface area contributed by atoms with Gasteiger partial charge in [-0.1, -0.05) is 18.5 Å². The van der Waals surface area contributed by atoms with Gasteiger partial charge < -0.3 is 10.1 Å². The average Bonchev–Trinajstić information content (AvgIpc) is 2.81. The van der Waals surface area contributed by atoms with Gasteiger partial charge in [0.25, 0.3) is 0 Å². The lowest BCUT2D eigenvalue weighted by Crippen LogP contribution is -2.12. The maximum atomic E-state index is 6.16. The van der Waals surface area contributed by atoms with Crippen molar-refractivity contribution in [1.29, 1.82) is 0 Å². The Balaban J connectivity index is 1.97. The summed E-state index contributed by atoms with van der Waals surface area (Å²) >= 11 is 6.16. The number of benzene rings is 1. The summed E-state index contributed by atoms with van der Waals surface area (Å²) in [4.78, 5) is 0. The summed E-state index contributed by atoms with van der Waals surface area (Å²) in [7, 11) is 2.00. The van der Waals surface area contributed by atoms with Gasteiger partial charge in [-0.25, -0.2) is 0 Å². The third kappa shape index (κ3) is 3.39. The number of aryl methyl sites for hydroxylation is 1. The highest BCUT2D eigenvalue weighted by atomic mass is 35.5. The number of rotatable bonds is 6. The second-order valence-electron chi connectivity index (χ2n) is 5.19. The molecule has 1 heterocycles. The number of hydrogen-bond acceptors (Lipinski definition) is 2. The Kier molecular flexibility index (Phi) is 4.90. The highest BCUT2D eigenvalue weighted by Gasteiger charge is 2.17. The molecule has 0 aromatic heterocycles. The molecule has 2 nitrogen and oxygen atoms in total. The normalized spacial score (nSPS) is 15.3. The standard InChI is InChI=1S/C15H22ClNO/c1-11(5-7-17-2)3-4-12-9-14(16)10-13-6-8-18-15(12)13/h9-11,17H,3-8H2,1-2H3. The van der Waals surface area contributed by atoms with E-state index in [0.717, 1.165) is 42.7 Å². The minimum Gasteiger partial charge on any atom is -0.493 e. The fourth-order valence-electron chi connectivity index (χ4n) is 2.47. The zero-order valence-corrected chi connectivity index (χ0v) is 12.0. The molecule has 0 radical (unpaired) electrons. The van der Waals surface area contributed by atoms with Crippen LogP contribution in [-0.2, 0) is 12.8 Å². The molecule has 1 unspecified atom stereocenters. The van der Waals surface area contributed by atoms with Gasteiger partial charge in [0.2, 0.25) is 0 Å². The first-order valence-corrected chi connectivity index (χ1v) is 7.17. The van der Waals surface area contributed by atoms with E-state index in [1.54, 1.807) is 0 Å². The predicted molar refractivity (Wildman–Crippen MR) is 76.7 cm³/mol. The maximum Gasteiger partial charge on any atom is 0.125 e. The summed E-state index contributed by atoms with van der Waals surface area (Å²) in [6.45, 7) is 4.20. The highest BCUT2D eigenvalue weighted by Crippen LogP contribution is 2.34. The quantitative estimate of drug-likeness (QED) is 0.852. The summed E-state index contributed by atoms with van der Waals surface area (Å²) in [5, 5.41) is 4.05. The Hall–Kier alpha value is -0.730. The number of fused-ring (bicyclic) bond motifs is 1. The van der Waals surface area contributed by atoms with Crippen LogP contribution in [0.25, 0.3) is 0 Å². The van der Waals surface area contributed by atoms with Crippen molar-refractivity contribution in [2.24, 2.45) is 5.92 Å². The van der Waals surface area contributed by atoms with Crippen LogP contribution in [0.3, 0.4) is 0 Å². The Bertz CT molecular complexity index is 406. The van der Waals surface area contributed by atoms with Crippen molar-refractivity contribution < 1.29 is 4.74 Å². The summed E-state index contributed by atoms with van der Waals surface area (Å²) in [5.41, 5.74) is 2.56. The first-order valence-electron chi connectivity index (χ1n) is 6.79. The van der Waals surface area contributed by atoms with Gasteiger partial charge in [-0.15, -0.1) is 0 Å². The third-order valence-corrected chi connectivity index (χ3v) is 3.84. The molecule has 1 N–H and O–H groups in total. The van der Waals surface area contributed by atoms with E-state index in [-0.39, 0.29) is 0 Å². The van der Waals surface area contributed by atoms with Crippen LogP contribution in [0.15, 0.2) is 12.1 Å². The molecule has 1 aromatic carbocycles. The Morgan fingerprint density at radius 1 is 1.39 bits per heavy atom. The van der Waals surface area contributed by atoms with E-state index in [1.807, 2.05) is 13.1 Å². The molecule has 1 aromatic rings. The topological polar surface area (TPSA) is 21.3 Å². The summed E-state index contributed by atoms with van der Waals surface area (Å²) in [6.07, 6.45) is 4.48. The molecule has 0 saturated heterocycles. The molecule has 0 saturated carbocycles. The molecule has 1 aliphatic rings. The van der Waals surface area contributed by atoms with Gasteiger partial charge in [0.05, 0.1) is 6.61 Å². The first kappa shape index (κ1) is 13.7. The fraction of sp³-hybridized carbons (Fsp3) is 0.600. The predicted octanol–water partition coefficient (Wildman–Crippen LogP) is 3.45. The summed E-state index contributed by atoms with van der Waals surface area (Å²) in [5.74, 6) is 1.83. The molecule has 2 rings (SSSR count). The summed E-state index contributed by atoms with van der Waals surface area (Å²) in [6, 6.07) is 4.11. The minimum atomic E-state index is 0.730. The Morgan fingerprint density at radius 3 is 3.00 bits per heavy atom. The number of ether oxygens (including phenoxy) is 1. The largest absolute Gasteiger partial charge is 0.493 e. The highest BCUT2D eigenvalue weighted by molar-refractivity contribution is 6.30. The Morgan fingerprint density at radius 2 is 2.22 bits per heavy atom. The molecular weight excluding hydrogens is 246 g/mol. The van der Waals surface area contributed by atoms with E-state index >= 15 is 0 Å². The smallest absolute Gasteiger partial charge is 0.125 e. The van der Waals surface area contributed by atoms with E-state index in [9.17, 15) is 0 Å². The van der Waals surface area contributed by atoms with Crippen molar-refractivity contribution in [2.75, 3.05) is 20.2 Å². The van der Waals surface area contributed by atoms with Crippen LogP contribution in [0.5, 0.6) is 5.75 Å². The number of halogens is 1. The molecule has 1 aliphatic heterocycles. The van der Waals surface area contributed by atoms with Gasteiger partial charge in [-0.2, -0.15) is 0 Å². The number of nitrogens with one attached hydrogen (secondary N) is 1. The molecule has 0 fully saturated rings. The van der Waals surface area contributed by atoms with Gasteiger partial charge in [-0.05, 0) is 62.0 Å². The molecule has 18 heavy (non-hydrogen) atoms. The van der Waals surface area contributed by atoms with E-state index in [0.29, 0.717) is 0 Å². The lowest BCUT2D eigenvalue weighted by molar-refractivity contribution is 0.352. The fourth-order valence-corrected chi connectivity index (χ4v) is 2.73. The van der Waals surface area contributed by atoms with E-state index in [1.165, 1.54) is 24.0 Å². The van der Waals surface area contributed by atoms with Crippen LogP contribution in [-0.4, -0.2) is 20.2 Å². The van der Waals surface area contributed by atoms with E-state index in [2.05, 4.69) is 18.3 Å². The monoisotopic (exact) mass is 267 g/mol. The zero-order chi connectivity index (χ0) is 13.0. The van der Waals surface area contributed by atoms with Crippen molar-refractivity contribution in [1.82, 2.24) is 5.32 Å². The van der Waals surface area contributed by atoms with Crippen LogP contribution in [0.2, 0.25) is 5.02 Å². The molecule has 0 bridgehead atoms. The molecule has 3 heteroatoms. The van der Waals surface area contributed by atoms with Crippen molar-refractivity contribution in [3.8, 4) is 5.75 Å². The van der Waals surface area contributed by atoms with Crippen LogP contribution in [0, 0.1) is 5.92 Å². The minimum absolute atomic E-state index is 0.730. The van der Waals surface area contributed by atoms with Gasteiger partial charge in [0.15, 0.2) is 0 Å². The summed E-state index contributed by atoms with van der Waals surface area (Å²) < 4.78 is 5.73. The van der Waals surface area contributed by atoms with Crippen LogP contribution in [0.1, 0.15) is 30.9 Å². The van der Waals surface area contributed by atoms with Gasteiger partial charge >= 0.3 is 0 Å². The first-order chi connectivity index (χ1) is 8.70. The van der Waals surface area contributed by atoms with Gasteiger partial charge in [0, 0.05) is 11.4 Å². The van der Waals surface area contributed by atoms with Crippen molar-refractivity contribution in [3.05, 3.63) is 28.3 Å². The molecule has 0 aliphatic carbocycles. The Labute approximate surface area is 115 Å². The van der Waals surface area contributed by atoms with E-state index < -0.39 is 0 Å². The molecule has 1 atom stereocenters. The number of hydrogen-bond donors (Lipinski definition) is 1. The van der Waals surface area contributed by atoms with Crippen LogP contribution < -0.4 is 10.1 Å². The second-order valence-corrected chi connectivity index (χ2v) is 5.62. The lowest BCUT2D eigenvalue weighted by atomic mass is 9.96.